The molecule has 2 rings (SSSR count). The van der Waals surface area contributed by atoms with Crippen LogP contribution in [-0.2, 0) is 0 Å². The molecule has 0 bridgehead atoms. The molecule has 2 N–H and O–H groups in total. The minimum Gasteiger partial charge on any atom is -0.473 e. The summed E-state index contributed by atoms with van der Waals surface area (Å²) in [5, 5.41) is 14.0. The molecule has 0 saturated carbocycles. The fourth-order valence-electron chi connectivity index (χ4n) is 1.85. The summed E-state index contributed by atoms with van der Waals surface area (Å²) in [4.78, 5) is 4.20. The molecule has 5 heteroatoms. The average Bonchev–Trinajstić information content (AvgIpc) is 2.46. The number of rotatable bonds is 6. The van der Waals surface area contributed by atoms with E-state index in [2.05, 4.69) is 10.3 Å². The highest BCUT2D eigenvalue weighted by molar-refractivity contribution is 6.30. The Morgan fingerprint density at radius 2 is 1.95 bits per heavy atom. The van der Waals surface area contributed by atoms with Gasteiger partial charge in [0.25, 0.3) is 0 Å². The van der Waals surface area contributed by atoms with E-state index in [9.17, 15) is 5.11 Å². The van der Waals surface area contributed by atoms with Gasteiger partial charge in [-0.15, -0.1) is 0 Å². The number of pyridine rings is 1. The van der Waals surface area contributed by atoms with Crippen molar-refractivity contribution in [2.75, 3.05) is 11.9 Å². The summed E-state index contributed by atoms with van der Waals surface area (Å²) in [6, 6.07) is 10.8. The molecule has 2 aromatic rings. The molecule has 21 heavy (non-hydrogen) atoms. The first-order valence-corrected chi connectivity index (χ1v) is 7.23. The molecule has 0 spiro atoms. The summed E-state index contributed by atoms with van der Waals surface area (Å²) in [5.41, 5.74) is 1.57. The number of aromatic nitrogens is 1. The Hall–Kier alpha value is -1.78. The van der Waals surface area contributed by atoms with Gasteiger partial charge in [0.05, 0.1) is 17.9 Å². The van der Waals surface area contributed by atoms with Crippen molar-refractivity contribution < 1.29 is 9.84 Å². The zero-order valence-electron chi connectivity index (χ0n) is 12.1. The van der Waals surface area contributed by atoms with E-state index in [-0.39, 0.29) is 6.10 Å². The van der Waals surface area contributed by atoms with E-state index in [0.717, 1.165) is 11.3 Å². The van der Waals surface area contributed by atoms with Crippen molar-refractivity contribution in [3.63, 3.8) is 0 Å². The molecule has 4 nitrogen and oxygen atoms in total. The Kier molecular flexibility index (Phi) is 5.42. The van der Waals surface area contributed by atoms with Crippen molar-refractivity contribution in [2.45, 2.75) is 26.1 Å². The number of nitrogens with one attached hydrogen (secondary N) is 1. The zero-order valence-corrected chi connectivity index (χ0v) is 12.8. The molecular weight excluding hydrogens is 288 g/mol. The van der Waals surface area contributed by atoms with Crippen molar-refractivity contribution in [2.24, 2.45) is 0 Å². The first-order valence-electron chi connectivity index (χ1n) is 6.85. The maximum atomic E-state index is 10.2. The minimum absolute atomic E-state index is 0.0432. The second-order valence-electron chi connectivity index (χ2n) is 4.97. The molecule has 0 aliphatic heterocycles. The third-order valence-electron chi connectivity index (χ3n) is 2.86. The van der Waals surface area contributed by atoms with Crippen LogP contribution in [0.4, 0.5) is 5.69 Å². The molecule has 1 atom stereocenters. The lowest BCUT2D eigenvalue weighted by atomic mass is 10.1. The van der Waals surface area contributed by atoms with Crippen LogP contribution < -0.4 is 10.1 Å². The van der Waals surface area contributed by atoms with Crippen molar-refractivity contribution in [3.05, 3.63) is 53.2 Å². The van der Waals surface area contributed by atoms with Crippen molar-refractivity contribution in [3.8, 4) is 5.88 Å². The normalized spacial score (nSPS) is 12.2. The van der Waals surface area contributed by atoms with E-state index in [1.54, 1.807) is 18.3 Å². The predicted molar refractivity (Wildman–Crippen MR) is 84.9 cm³/mol. The van der Waals surface area contributed by atoms with Gasteiger partial charge in [-0.1, -0.05) is 23.7 Å². The van der Waals surface area contributed by atoms with Gasteiger partial charge in [-0.3, -0.25) is 0 Å². The molecule has 1 heterocycles. The van der Waals surface area contributed by atoms with Gasteiger partial charge in [0.1, 0.15) is 0 Å². The summed E-state index contributed by atoms with van der Waals surface area (Å²) >= 11 is 5.84. The summed E-state index contributed by atoms with van der Waals surface area (Å²) in [7, 11) is 0. The fourth-order valence-corrected chi connectivity index (χ4v) is 1.98. The van der Waals surface area contributed by atoms with Crippen LogP contribution in [0.15, 0.2) is 42.6 Å². The molecule has 0 aliphatic carbocycles. The van der Waals surface area contributed by atoms with Gasteiger partial charge in [-0.05, 0) is 43.7 Å². The van der Waals surface area contributed by atoms with Crippen LogP contribution in [0.3, 0.4) is 0 Å². The second kappa shape index (κ2) is 7.29. The quantitative estimate of drug-likeness (QED) is 0.855. The number of aliphatic hydroxyl groups excluding tert-OH is 1. The summed E-state index contributed by atoms with van der Waals surface area (Å²) < 4.78 is 5.63. The number of hydrogen-bond acceptors (Lipinski definition) is 4. The van der Waals surface area contributed by atoms with Crippen molar-refractivity contribution in [1.29, 1.82) is 0 Å². The van der Waals surface area contributed by atoms with Crippen LogP contribution in [0.5, 0.6) is 5.88 Å². The molecule has 0 amide bonds. The lowest BCUT2D eigenvalue weighted by Crippen LogP contribution is -2.14. The standard InChI is InChI=1S/C16H19ClN2O2/c1-11(2)21-16-14(4-3-9-18-16)19-10-15(20)12-5-7-13(17)8-6-12/h3-9,11,15,19-20H,10H2,1-2H3. The van der Waals surface area contributed by atoms with E-state index < -0.39 is 6.10 Å². The zero-order chi connectivity index (χ0) is 15.2. The molecule has 1 aromatic carbocycles. The van der Waals surface area contributed by atoms with Gasteiger partial charge in [-0.2, -0.15) is 0 Å². The van der Waals surface area contributed by atoms with Crippen LogP contribution in [0.2, 0.25) is 5.02 Å². The van der Waals surface area contributed by atoms with Crippen LogP contribution in [0, 0.1) is 0 Å². The number of halogens is 1. The molecule has 112 valence electrons. The molecule has 0 aliphatic rings. The Labute approximate surface area is 129 Å². The second-order valence-corrected chi connectivity index (χ2v) is 5.41. The van der Waals surface area contributed by atoms with Crippen LogP contribution in [-0.4, -0.2) is 22.7 Å². The molecule has 1 unspecified atom stereocenters. The van der Waals surface area contributed by atoms with Crippen molar-refractivity contribution in [1.82, 2.24) is 4.98 Å². The van der Waals surface area contributed by atoms with Crippen LogP contribution in [0.25, 0.3) is 0 Å². The minimum atomic E-state index is -0.630. The number of nitrogens with zero attached hydrogens (tertiary/aromatic N) is 1. The fraction of sp³-hybridized carbons (Fsp3) is 0.312. The maximum absolute atomic E-state index is 10.2. The topological polar surface area (TPSA) is 54.4 Å². The van der Waals surface area contributed by atoms with Gasteiger partial charge >= 0.3 is 0 Å². The average molecular weight is 307 g/mol. The SMILES string of the molecule is CC(C)Oc1ncccc1NCC(O)c1ccc(Cl)cc1. The van der Waals surface area contributed by atoms with E-state index in [1.165, 1.54) is 0 Å². The Balaban J connectivity index is 2.01. The van der Waals surface area contributed by atoms with Gasteiger partial charge in [0.2, 0.25) is 5.88 Å². The number of aliphatic hydroxyl groups is 1. The lowest BCUT2D eigenvalue weighted by molar-refractivity contribution is 0.191. The summed E-state index contributed by atoms with van der Waals surface area (Å²) in [6.07, 6.45) is 1.09. The number of hydrogen-bond donors (Lipinski definition) is 2. The summed E-state index contributed by atoms with van der Waals surface area (Å²) in [6.45, 7) is 4.25. The highest BCUT2D eigenvalue weighted by Crippen LogP contribution is 2.23. The van der Waals surface area contributed by atoms with Gasteiger partial charge in [0.15, 0.2) is 0 Å². The van der Waals surface area contributed by atoms with Crippen LogP contribution >= 0.6 is 11.6 Å². The van der Waals surface area contributed by atoms with E-state index >= 15 is 0 Å². The van der Waals surface area contributed by atoms with E-state index in [1.807, 2.05) is 38.1 Å². The lowest BCUT2D eigenvalue weighted by Gasteiger charge is -2.16. The molecule has 0 fully saturated rings. The molecule has 0 saturated heterocycles. The first kappa shape index (κ1) is 15.6. The Morgan fingerprint density at radius 1 is 1.24 bits per heavy atom. The largest absolute Gasteiger partial charge is 0.473 e. The highest BCUT2D eigenvalue weighted by atomic mass is 35.5. The molecule has 0 radical (unpaired) electrons. The molecule has 1 aromatic heterocycles. The van der Waals surface area contributed by atoms with E-state index in [0.29, 0.717) is 17.4 Å². The Bertz CT molecular complexity index is 573. The van der Waals surface area contributed by atoms with Crippen molar-refractivity contribution >= 4 is 17.3 Å². The molecular formula is C16H19ClN2O2. The maximum Gasteiger partial charge on any atom is 0.237 e. The first-order chi connectivity index (χ1) is 10.1. The Morgan fingerprint density at radius 3 is 2.62 bits per heavy atom. The van der Waals surface area contributed by atoms with Crippen LogP contribution in [0.1, 0.15) is 25.5 Å². The number of ether oxygens (including phenoxy) is 1. The third kappa shape index (κ3) is 4.62. The monoisotopic (exact) mass is 306 g/mol. The summed E-state index contributed by atoms with van der Waals surface area (Å²) in [5.74, 6) is 0.538. The number of anilines is 1. The van der Waals surface area contributed by atoms with Gasteiger partial charge in [-0.25, -0.2) is 4.98 Å². The van der Waals surface area contributed by atoms with E-state index in [4.69, 9.17) is 16.3 Å². The third-order valence-corrected chi connectivity index (χ3v) is 3.11. The number of benzene rings is 1. The smallest absolute Gasteiger partial charge is 0.237 e. The highest BCUT2D eigenvalue weighted by Gasteiger charge is 2.10. The predicted octanol–water partition coefficient (Wildman–Crippen LogP) is 3.67. The van der Waals surface area contributed by atoms with Gasteiger partial charge < -0.3 is 15.2 Å². The van der Waals surface area contributed by atoms with Gasteiger partial charge in [0, 0.05) is 17.8 Å².